The maximum absolute atomic E-state index is 6.18. The molecule has 1 aromatic heterocycles. The van der Waals surface area contributed by atoms with Gasteiger partial charge in [0, 0.05) is 17.7 Å². The lowest BCUT2D eigenvalue weighted by Crippen LogP contribution is -2.13. The highest BCUT2D eigenvalue weighted by molar-refractivity contribution is 9.10. The van der Waals surface area contributed by atoms with E-state index in [1.807, 2.05) is 37.5 Å². The molecule has 0 radical (unpaired) electrons. The average molecular weight is 301 g/mol. The molecular formula is C11H11BrClN3. The number of aryl methyl sites for hydroxylation is 1. The third kappa shape index (κ3) is 2.14. The topological polar surface area (TPSA) is 43.8 Å². The van der Waals surface area contributed by atoms with Gasteiger partial charge in [-0.15, -0.1) is 0 Å². The van der Waals surface area contributed by atoms with Crippen LogP contribution in [0.4, 0.5) is 0 Å². The Labute approximate surface area is 107 Å². The molecule has 0 amide bonds. The molecule has 1 aromatic carbocycles. The lowest BCUT2D eigenvalue weighted by Gasteiger charge is -2.12. The van der Waals surface area contributed by atoms with Crippen LogP contribution in [-0.4, -0.2) is 9.78 Å². The van der Waals surface area contributed by atoms with Crippen molar-refractivity contribution in [1.29, 1.82) is 0 Å². The fourth-order valence-corrected chi connectivity index (χ4v) is 2.14. The largest absolute Gasteiger partial charge is 0.319 e. The smallest absolute Gasteiger partial charge is 0.0837 e. The number of hydrogen-bond donors (Lipinski definition) is 1. The van der Waals surface area contributed by atoms with E-state index in [1.165, 1.54) is 0 Å². The number of benzene rings is 1. The molecule has 2 aromatic rings. The SMILES string of the molecule is Cn1ccc(C(N)c2cccc(Br)c2Cl)n1. The number of aromatic nitrogens is 2. The van der Waals surface area contributed by atoms with E-state index in [9.17, 15) is 0 Å². The monoisotopic (exact) mass is 299 g/mol. The van der Waals surface area contributed by atoms with Crippen LogP contribution < -0.4 is 5.73 Å². The quantitative estimate of drug-likeness (QED) is 0.927. The van der Waals surface area contributed by atoms with E-state index >= 15 is 0 Å². The van der Waals surface area contributed by atoms with Gasteiger partial charge in [0.25, 0.3) is 0 Å². The van der Waals surface area contributed by atoms with Crippen molar-refractivity contribution in [2.75, 3.05) is 0 Å². The van der Waals surface area contributed by atoms with Gasteiger partial charge in [0.05, 0.1) is 16.8 Å². The fraction of sp³-hybridized carbons (Fsp3) is 0.182. The number of hydrogen-bond acceptors (Lipinski definition) is 2. The van der Waals surface area contributed by atoms with Crippen molar-refractivity contribution in [2.45, 2.75) is 6.04 Å². The highest BCUT2D eigenvalue weighted by Gasteiger charge is 2.15. The molecule has 2 rings (SSSR count). The van der Waals surface area contributed by atoms with Crippen molar-refractivity contribution in [1.82, 2.24) is 9.78 Å². The maximum Gasteiger partial charge on any atom is 0.0837 e. The normalized spacial score (nSPS) is 12.8. The van der Waals surface area contributed by atoms with Gasteiger partial charge in [0.2, 0.25) is 0 Å². The zero-order chi connectivity index (χ0) is 11.7. The third-order valence-electron chi connectivity index (χ3n) is 2.37. The fourth-order valence-electron chi connectivity index (χ4n) is 1.52. The molecule has 0 saturated heterocycles. The minimum atomic E-state index is -0.300. The van der Waals surface area contributed by atoms with Crippen molar-refractivity contribution >= 4 is 27.5 Å². The lowest BCUT2D eigenvalue weighted by atomic mass is 10.1. The molecule has 0 aliphatic carbocycles. The van der Waals surface area contributed by atoms with Crippen LogP contribution in [0.3, 0.4) is 0 Å². The second-order valence-electron chi connectivity index (χ2n) is 3.53. The summed E-state index contributed by atoms with van der Waals surface area (Å²) < 4.78 is 2.57. The molecule has 16 heavy (non-hydrogen) atoms. The molecule has 0 spiro atoms. The van der Waals surface area contributed by atoms with Crippen molar-refractivity contribution in [2.24, 2.45) is 12.8 Å². The van der Waals surface area contributed by atoms with Crippen LogP contribution in [0, 0.1) is 0 Å². The molecule has 0 aliphatic heterocycles. The summed E-state index contributed by atoms with van der Waals surface area (Å²) in [6.45, 7) is 0. The zero-order valence-electron chi connectivity index (χ0n) is 8.69. The van der Waals surface area contributed by atoms with Gasteiger partial charge in [-0.3, -0.25) is 4.68 Å². The van der Waals surface area contributed by atoms with Gasteiger partial charge in [-0.1, -0.05) is 23.7 Å². The first-order chi connectivity index (χ1) is 7.59. The first-order valence-electron chi connectivity index (χ1n) is 4.78. The standard InChI is InChI=1S/C11H11BrClN3/c1-16-6-5-9(15-16)11(14)7-3-2-4-8(12)10(7)13/h2-6,11H,14H2,1H3. The van der Waals surface area contributed by atoms with E-state index in [0.29, 0.717) is 5.02 Å². The van der Waals surface area contributed by atoms with Gasteiger partial charge >= 0.3 is 0 Å². The van der Waals surface area contributed by atoms with Crippen LogP contribution in [0.2, 0.25) is 5.02 Å². The van der Waals surface area contributed by atoms with Crippen LogP contribution in [-0.2, 0) is 7.05 Å². The summed E-state index contributed by atoms with van der Waals surface area (Å²) in [6.07, 6.45) is 1.86. The third-order valence-corrected chi connectivity index (χ3v) is 3.68. The summed E-state index contributed by atoms with van der Waals surface area (Å²) in [7, 11) is 1.86. The van der Waals surface area contributed by atoms with Gasteiger partial charge < -0.3 is 5.73 Å². The zero-order valence-corrected chi connectivity index (χ0v) is 11.0. The highest BCUT2D eigenvalue weighted by Crippen LogP contribution is 2.31. The van der Waals surface area contributed by atoms with Crippen molar-refractivity contribution in [3.8, 4) is 0 Å². The molecule has 3 nitrogen and oxygen atoms in total. The van der Waals surface area contributed by atoms with Gasteiger partial charge in [-0.2, -0.15) is 5.10 Å². The Morgan fingerprint density at radius 2 is 2.19 bits per heavy atom. The molecular weight excluding hydrogens is 289 g/mol. The predicted molar refractivity (Wildman–Crippen MR) is 68.4 cm³/mol. The second kappa shape index (κ2) is 4.57. The number of halogens is 2. The minimum absolute atomic E-state index is 0.300. The van der Waals surface area contributed by atoms with E-state index in [1.54, 1.807) is 4.68 Å². The van der Waals surface area contributed by atoms with Gasteiger partial charge in [0.1, 0.15) is 0 Å². The predicted octanol–water partition coefficient (Wildman–Crippen LogP) is 2.88. The number of nitrogens with zero attached hydrogens (tertiary/aromatic N) is 2. The first kappa shape index (κ1) is 11.6. The molecule has 1 heterocycles. The van der Waals surface area contributed by atoms with Crippen LogP contribution in [0.1, 0.15) is 17.3 Å². The highest BCUT2D eigenvalue weighted by atomic mass is 79.9. The van der Waals surface area contributed by atoms with E-state index < -0.39 is 0 Å². The number of nitrogens with two attached hydrogens (primary N) is 1. The molecule has 0 saturated carbocycles. The maximum atomic E-state index is 6.18. The molecule has 0 fully saturated rings. The van der Waals surface area contributed by atoms with Crippen LogP contribution in [0.25, 0.3) is 0 Å². The molecule has 1 atom stereocenters. The first-order valence-corrected chi connectivity index (χ1v) is 5.95. The van der Waals surface area contributed by atoms with Gasteiger partial charge in [-0.25, -0.2) is 0 Å². The van der Waals surface area contributed by atoms with Crippen LogP contribution in [0.5, 0.6) is 0 Å². The Bertz CT molecular complexity index is 510. The summed E-state index contributed by atoms with van der Waals surface area (Å²) in [5.41, 5.74) is 7.80. The Morgan fingerprint density at radius 3 is 2.81 bits per heavy atom. The Hall–Kier alpha value is -0.840. The second-order valence-corrected chi connectivity index (χ2v) is 4.77. The van der Waals surface area contributed by atoms with Gasteiger partial charge in [0.15, 0.2) is 0 Å². The molecule has 0 aliphatic rings. The molecule has 0 bridgehead atoms. The van der Waals surface area contributed by atoms with Gasteiger partial charge in [-0.05, 0) is 33.6 Å². The van der Waals surface area contributed by atoms with Crippen molar-refractivity contribution in [3.05, 3.63) is 51.2 Å². The summed E-state index contributed by atoms with van der Waals surface area (Å²) in [6, 6.07) is 7.30. The molecule has 84 valence electrons. The molecule has 2 N–H and O–H groups in total. The summed E-state index contributed by atoms with van der Waals surface area (Å²) in [5, 5.41) is 4.91. The Balaban J connectivity index is 2.41. The minimum Gasteiger partial charge on any atom is -0.319 e. The average Bonchev–Trinajstić information content (AvgIpc) is 2.68. The van der Waals surface area contributed by atoms with E-state index in [2.05, 4.69) is 21.0 Å². The molecule has 5 heteroatoms. The summed E-state index contributed by atoms with van der Waals surface area (Å²) in [5.74, 6) is 0. The summed E-state index contributed by atoms with van der Waals surface area (Å²) in [4.78, 5) is 0. The Kier molecular flexibility index (Phi) is 3.33. The van der Waals surface area contributed by atoms with E-state index in [0.717, 1.165) is 15.7 Å². The molecule has 1 unspecified atom stereocenters. The van der Waals surface area contributed by atoms with Crippen LogP contribution >= 0.6 is 27.5 Å². The van der Waals surface area contributed by atoms with E-state index in [-0.39, 0.29) is 6.04 Å². The Morgan fingerprint density at radius 1 is 1.44 bits per heavy atom. The van der Waals surface area contributed by atoms with Crippen LogP contribution in [0.15, 0.2) is 34.9 Å². The number of rotatable bonds is 2. The lowest BCUT2D eigenvalue weighted by molar-refractivity contribution is 0.716. The summed E-state index contributed by atoms with van der Waals surface area (Å²) >= 11 is 9.56. The van der Waals surface area contributed by atoms with Crippen molar-refractivity contribution < 1.29 is 0 Å². The van der Waals surface area contributed by atoms with Crippen molar-refractivity contribution in [3.63, 3.8) is 0 Å². The van der Waals surface area contributed by atoms with E-state index in [4.69, 9.17) is 17.3 Å².